The fourth-order valence-corrected chi connectivity index (χ4v) is 6.73. The number of amides is 2. The molecule has 1 heterocycles. The summed E-state index contributed by atoms with van der Waals surface area (Å²) in [6, 6.07) is 16.6. The van der Waals surface area contributed by atoms with Crippen molar-refractivity contribution in [3.63, 3.8) is 0 Å². The molecule has 1 aliphatic heterocycles. The summed E-state index contributed by atoms with van der Waals surface area (Å²) in [5.41, 5.74) is 3.96. The minimum Gasteiger partial charge on any atom is -0.481 e. The van der Waals surface area contributed by atoms with Gasteiger partial charge >= 0.3 is 12.1 Å². The van der Waals surface area contributed by atoms with E-state index in [-0.39, 0.29) is 42.8 Å². The highest BCUT2D eigenvalue weighted by atomic mass is 16.5. The number of hydrogen-bond donors (Lipinski definition) is 2. The normalized spacial score (nSPS) is 27.6. The molecule has 2 N–H and O–H groups in total. The lowest BCUT2D eigenvalue weighted by molar-refractivity contribution is -0.165. The van der Waals surface area contributed by atoms with Crippen LogP contribution in [0.4, 0.5) is 4.79 Å². The summed E-state index contributed by atoms with van der Waals surface area (Å²) in [4.78, 5) is 38.5. The van der Waals surface area contributed by atoms with Crippen molar-refractivity contribution < 1.29 is 24.2 Å². The number of hydrogen-bond acceptors (Lipinski definition) is 4. The van der Waals surface area contributed by atoms with Gasteiger partial charge in [-0.25, -0.2) is 4.79 Å². The third-order valence-electron chi connectivity index (χ3n) is 8.73. The van der Waals surface area contributed by atoms with Crippen molar-refractivity contribution in [1.29, 1.82) is 0 Å². The Morgan fingerprint density at radius 2 is 1.63 bits per heavy atom. The Bertz CT molecular complexity index is 1160. The third-order valence-corrected chi connectivity index (χ3v) is 8.73. The molecule has 7 nitrogen and oxygen atoms in total. The number of nitrogens with one attached hydrogen (secondary N) is 1. The SMILES string of the molecule is CC1(C(=O)O)CN(C(=O)C2CC3CC(NC(=O)OCC4c5ccccc5-c5ccccc54)C3C2)C1. The standard InChI is InChI=1S/C28H30N2O5/c1-28(26(32)33)14-30(15-28)25(31)17-10-16-12-24(22(16)11-17)29-27(34)35-13-23-20-8-4-2-6-18(20)19-7-3-5-9-21(19)23/h2-9,16-17,22-24H,10-15H2,1H3,(H,29,34)(H,32,33). The maximum absolute atomic E-state index is 12.9. The number of alkyl carbamates (subject to hydrolysis) is 1. The topological polar surface area (TPSA) is 95.9 Å². The smallest absolute Gasteiger partial charge is 0.407 e. The molecule has 7 heteroatoms. The molecule has 4 atom stereocenters. The second-order valence-corrected chi connectivity index (χ2v) is 11.0. The molecular formula is C28H30N2O5. The Morgan fingerprint density at radius 3 is 2.26 bits per heavy atom. The van der Waals surface area contributed by atoms with Crippen LogP contribution in [0, 0.1) is 23.2 Å². The fraction of sp³-hybridized carbons (Fsp3) is 0.464. The van der Waals surface area contributed by atoms with Gasteiger partial charge in [-0.3, -0.25) is 9.59 Å². The third kappa shape index (κ3) is 3.60. The molecule has 0 radical (unpaired) electrons. The average Bonchev–Trinajstić information content (AvgIpc) is 3.33. The van der Waals surface area contributed by atoms with E-state index in [1.165, 1.54) is 22.3 Å². The monoisotopic (exact) mass is 474 g/mol. The van der Waals surface area contributed by atoms with Crippen molar-refractivity contribution in [3.05, 3.63) is 59.7 Å². The van der Waals surface area contributed by atoms with Crippen molar-refractivity contribution >= 4 is 18.0 Å². The van der Waals surface area contributed by atoms with Crippen molar-refractivity contribution in [3.8, 4) is 11.1 Å². The van der Waals surface area contributed by atoms with Crippen LogP contribution in [0.2, 0.25) is 0 Å². The first-order valence-electron chi connectivity index (χ1n) is 12.5. The quantitative estimate of drug-likeness (QED) is 0.686. The Kier molecular flexibility index (Phi) is 5.13. The number of benzene rings is 2. The minimum absolute atomic E-state index is 0.0313. The zero-order valence-electron chi connectivity index (χ0n) is 19.8. The molecular weight excluding hydrogens is 444 g/mol. The Balaban J connectivity index is 1.02. The molecule has 6 rings (SSSR count). The number of carbonyl (C=O) groups excluding carboxylic acids is 2. The van der Waals surface area contributed by atoms with Gasteiger partial charge in [0.1, 0.15) is 6.61 Å². The number of nitrogens with zero attached hydrogens (tertiary/aromatic N) is 1. The number of carbonyl (C=O) groups is 3. The van der Waals surface area contributed by atoms with Crippen molar-refractivity contribution in [2.75, 3.05) is 19.7 Å². The van der Waals surface area contributed by atoms with Crippen LogP contribution in [0.5, 0.6) is 0 Å². The lowest BCUT2D eigenvalue weighted by Crippen LogP contribution is -2.61. The molecule has 0 spiro atoms. The molecule has 2 amide bonds. The predicted octanol–water partition coefficient (Wildman–Crippen LogP) is 3.87. The van der Waals surface area contributed by atoms with E-state index in [0.29, 0.717) is 12.5 Å². The number of aliphatic carboxylic acids is 1. The highest BCUT2D eigenvalue weighted by Crippen LogP contribution is 2.51. The van der Waals surface area contributed by atoms with Crippen molar-refractivity contribution in [2.24, 2.45) is 23.2 Å². The van der Waals surface area contributed by atoms with Crippen molar-refractivity contribution in [1.82, 2.24) is 10.2 Å². The summed E-state index contributed by atoms with van der Waals surface area (Å²) < 4.78 is 5.70. The molecule has 2 saturated carbocycles. The minimum atomic E-state index is -0.847. The van der Waals surface area contributed by atoms with E-state index in [4.69, 9.17) is 4.74 Å². The second kappa shape index (κ2) is 8.11. The number of ether oxygens (including phenoxy) is 1. The summed E-state index contributed by atoms with van der Waals surface area (Å²) in [7, 11) is 0. The van der Waals surface area contributed by atoms with Gasteiger partial charge in [-0.2, -0.15) is 0 Å². The van der Waals surface area contributed by atoms with E-state index in [9.17, 15) is 19.5 Å². The zero-order valence-corrected chi connectivity index (χ0v) is 19.8. The molecule has 3 fully saturated rings. The van der Waals surface area contributed by atoms with Gasteiger partial charge < -0.3 is 20.1 Å². The van der Waals surface area contributed by atoms with Crippen LogP contribution in [0.3, 0.4) is 0 Å². The molecule has 2 aromatic rings. The van der Waals surface area contributed by atoms with Gasteiger partial charge in [-0.1, -0.05) is 48.5 Å². The summed E-state index contributed by atoms with van der Waals surface area (Å²) >= 11 is 0. The molecule has 1 saturated heterocycles. The number of rotatable bonds is 5. The lowest BCUT2D eigenvalue weighted by atomic mass is 9.71. The largest absolute Gasteiger partial charge is 0.481 e. The Labute approximate surface area is 204 Å². The molecule has 4 aliphatic rings. The molecule has 0 aromatic heterocycles. The van der Waals surface area contributed by atoms with Gasteiger partial charge in [0, 0.05) is 31.0 Å². The van der Waals surface area contributed by atoms with E-state index in [0.717, 1.165) is 19.3 Å². The molecule has 0 bridgehead atoms. The van der Waals surface area contributed by atoms with Crippen LogP contribution in [0.1, 0.15) is 43.2 Å². The van der Waals surface area contributed by atoms with Gasteiger partial charge in [-0.05, 0) is 60.3 Å². The van der Waals surface area contributed by atoms with Gasteiger partial charge in [-0.15, -0.1) is 0 Å². The second-order valence-electron chi connectivity index (χ2n) is 11.0. The van der Waals surface area contributed by atoms with E-state index in [2.05, 4.69) is 29.6 Å². The molecule has 2 aromatic carbocycles. The van der Waals surface area contributed by atoms with Gasteiger partial charge in [0.25, 0.3) is 0 Å². The van der Waals surface area contributed by atoms with E-state index in [1.807, 2.05) is 24.3 Å². The number of fused-ring (bicyclic) bond motifs is 4. The van der Waals surface area contributed by atoms with Crippen LogP contribution in [-0.4, -0.2) is 53.7 Å². The maximum Gasteiger partial charge on any atom is 0.407 e. The number of carboxylic acids is 1. The van der Waals surface area contributed by atoms with Crippen LogP contribution in [0.15, 0.2) is 48.5 Å². The van der Waals surface area contributed by atoms with Gasteiger partial charge in [0.05, 0.1) is 5.41 Å². The molecule has 4 unspecified atom stereocenters. The lowest BCUT2D eigenvalue weighted by Gasteiger charge is -2.45. The molecule has 3 aliphatic carbocycles. The molecule has 182 valence electrons. The maximum atomic E-state index is 12.9. The number of carboxylic acid groups (broad SMARTS) is 1. The summed E-state index contributed by atoms with van der Waals surface area (Å²) in [5.74, 6) is -0.0913. The summed E-state index contributed by atoms with van der Waals surface area (Å²) in [6.45, 7) is 2.55. The predicted molar refractivity (Wildman–Crippen MR) is 129 cm³/mol. The summed E-state index contributed by atoms with van der Waals surface area (Å²) in [6.07, 6.45) is 2.04. The fourth-order valence-electron chi connectivity index (χ4n) is 6.73. The summed E-state index contributed by atoms with van der Waals surface area (Å²) in [5, 5.41) is 12.3. The first-order chi connectivity index (χ1) is 16.8. The first-order valence-corrected chi connectivity index (χ1v) is 12.5. The van der Waals surface area contributed by atoms with Crippen LogP contribution < -0.4 is 5.32 Å². The van der Waals surface area contributed by atoms with Gasteiger partial charge in [0.2, 0.25) is 5.91 Å². The van der Waals surface area contributed by atoms with E-state index < -0.39 is 17.5 Å². The van der Waals surface area contributed by atoms with Crippen LogP contribution in [-0.2, 0) is 14.3 Å². The van der Waals surface area contributed by atoms with Crippen molar-refractivity contribution in [2.45, 2.75) is 38.1 Å². The number of likely N-dealkylation sites (tertiary alicyclic amines) is 1. The molecule has 35 heavy (non-hydrogen) atoms. The first kappa shape index (κ1) is 22.1. The van der Waals surface area contributed by atoms with Crippen LogP contribution >= 0.6 is 0 Å². The van der Waals surface area contributed by atoms with E-state index in [1.54, 1.807) is 11.8 Å². The van der Waals surface area contributed by atoms with E-state index >= 15 is 0 Å². The highest BCUT2D eigenvalue weighted by Gasteiger charge is 2.54. The van der Waals surface area contributed by atoms with Gasteiger partial charge in [0.15, 0.2) is 0 Å². The highest BCUT2D eigenvalue weighted by molar-refractivity contribution is 5.85. The average molecular weight is 475 g/mol. The zero-order chi connectivity index (χ0) is 24.3. The van der Waals surface area contributed by atoms with Crippen LogP contribution in [0.25, 0.3) is 11.1 Å². The Hall–Kier alpha value is -3.35. The Morgan fingerprint density at radius 1 is 1.00 bits per heavy atom.